The quantitative estimate of drug-likeness (QED) is 0.428. The second kappa shape index (κ2) is 9.22. The van der Waals surface area contributed by atoms with Crippen LogP contribution in [0.5, 0.6) is 5.75 Å². The number of rotatable bonds is 8. The summed E-state index contributed by atoms with van der Waals surface area (Å²) in [7, 11) is 3.07. The number of nitrogens with two attached hydrogens (primary N) is 1. The molecule has 2 bridgehead atoms. The highest BCUT2D eigenvalue weighted by molar-refractivity contribution is 5.74. The Morgan fingerprint density at radius 3 is 2.63 bits per heavy atom. The first-order valence-electron chi connectivity index (χ1n) is 13.4. The molecule has 0 radical (unpaired) electrons. The average Bonchev–Trinajstić information content (AvgIpc) is 3.68. The van der Waals surface area contributed by atoms with E-state index in [1.807, 2.05) is 42.1 Å². The Kier molecular flexibility index (Phi) is 6.41. The van der Waals surface area contributed by atoms with E-state index in [-0.39, 0.29) is 28.3 Å². The van der Waals surface area contributed by atoms with Crippen molar-refractivity contribution >= 4 is 5.97 Å². The van der Waals surface area contributed by atoms with Crippen LogP contribution in [0.2, 0.25) is 0 Å². The Balaban J connectivity index is 1.44. The van der Waals surface area contributed by atoms with Crippen LogP contribution in [0.1, 0.15) is 65.1 Å². The van der Waals surface area contributed by atoms with Crippen molar-refractivity contribution in [1.82, 2.24) is 24.5 Å². The Morgan fingerprint density at radius 1 is 1.26 bits per heavy atom. The van der Waals surface area contributed by atoms with E-state index in [9.17, 15) is 4.79 Å². The molecule has 9 nitrogen and oxygen atoms in total. The number of hydrogen-bond donors (Lipinski definition) is 1. The third-order valence-electron chi connectivity index (χ3n) is 9.82. The molecule has 0 amide bonds. The largest absolute Gasteiger partial charge is 0.495 e. The van der Waals surface area contributed by atoms with Crippen molar-refractivity contribution in [3.8, 4) is 22.7 Å². The number of esters is 1. The second-order valence-electron chi connectivity index (χ2n) is 12.4. The van der Waals surface area contributed by atoms with Gasteiger partial charge >= 0.3 is 5.97 Å². The van der Waals surface area contributed by atoms with Gasteiger partial charge in [0.1, 0.15) is 11.4 Å². The summed E-state index contributed by atoms with van der Waals surface area (Å²) in [6, 6.07) is 5.34. The van der Waals surface area contributed by atoms with Crippen molar-refractivity contribution in [3.63, 3.8) is 0 Å². The number of benzene rings is 1. The maximum Gasteiger partial charge on any atom is 0.330 e. The summed E-state index contributed by atoms with van der Waals surface area (Å²) in [4.78, 5) is 17.4. The Labute approximate surface area is 224 Å². The number of aromatic nitrogens is 5. The van der Waals surface area contributed by atoms with Crippen LogP contribution in [0.25, 0.3) is 16.9 Å². The van der Waals surface area contributed by atoms with Crippen LogP contribution in [-0.4, -0.2) is 50.8 Å². The molecule has 4 unspecified atom stereocenters. The molecule has 4 atom stereocenters. The molecule has 2 aromatic heterocycles. The van der Waals surface area contributed by atoms with E-state index in [0.717, 1.165) is 29.8 Å². The number of fused-ring (bicyclic) bond motifs is 2. The van der Waals surface area contributed by atoms with Gasteiger partial charge in [0.2, 0.25) is 0 Å². The standard InChI is InChI=1S/C29H40N6O3/c1-18-15-34(17-31-18)22-9-8-19(12-24(22)37-6)21-16-35(33-32-21)23(25(36)38-7)14-27(2,3)29-11-10-20(13-29)28(4,5)26(29)30/h8-9,12,15-17,20,23,26H,10-11,13-14,30H2,1-7H3. The van der Waals surface area contributed by atoms with Gasteiger partial charge in [-0.2, -0.15) is 0 Å². The highest BCUT2D eigenvalue weighted by atomic mass is 16.5. The van der Waals surface area contributed by atoms with Gasteiger partial charge in [-0.1, -0.05) is 39.0 Å². The van der Waals surface area contributed by atoms with Gasteiger partial charge in [-0.25, -0.2) is 14.5 Å². The van der Waals surface area contributed by atoms with E-state index in [1.165, 1.54) is 13.5 Å². The van der Waals surface area contributed by atoms with Gasteiger partial charge in [0.15, 0.2) is 6.04 Å². The number of carbonyl (C=O) groups is 1. The molecule has 9 heteroatoms. The Hall–Kier alpha value is -3.20. The molecule has 2 aliphatic rings. The summed E-state index contributed by atoms with van der Waals surface area (Å²) in [6.45, 7) is 11.1. The van der Waals surface area contributed by atoms with E-state index in [4.69, 9.17) is 15.2 Å². The zero-order valence-corrected chi connectivity index (χ0v) is 23.6. The van der Waals surface area contributed by atoms with Crippen molar-refractivity contribution in [1.29, 1.82) is 0 Å². The van der Waals surface area contributed by atoms with Gasteiger partial charge in [-0.3, -0.25) is 0 Å². The molecule has 2 saturated carbocycles. The number of imidazole rings is 1. The third-order valence-corrected chi connectivity index (χ3v) is 9.82. The van der Waals surface area contributed by atoms with Gasteiger partial charge in [0, 0.05) is 17.8 Å². The van der Waals surface area contributed by atoms with Crippen molar-refractivity contribution in [3.05, 3.63) is 42.6 Å². The molecule has 38 heavy (non-hydrogen) atoms. The van der Waals surface area contributed by atoms with Crippen molar-refractivity contribution < 1.29 is 14.3 Å². The first-order chi connectivity index (χ1) is 17.9. The van der Waals surface area contributed by atoms with Gasteiger partial charge in [0.25, 0.3) is 0 Å². The summed E-state index contributed by atoms with van der Waals surface area (Å²) in [5, 5.41) is 8.82. The fourth-order valence-electron chi connectivity index (χ4n) is 7.27. The van der Waals surface area contributed by atoms with Crippen LogP contribution in [0.4, 0.5) is 0 Å². The van der Waals surface area contributed by atoms with E-state index >= 15 is 0 Å². The van der Waals surface area contributed by atoms with Gasteiger partial charge in [-0.15, -0.1) is 5.10 Å². The molecule has 5 rings (SSSR count). The van der Waals surface area contributed by atoms with Crippen LogP contribution >= 0.6 is 0 Å². The summed E-state index contributed by atoms with van der Waals surface area (Å²) in [5.41, 5.74) is 10.1. The van der Waals surface area contributed by atoms with Gasteiger partial charge in [-0.05, 0) is 66.9 Å². The molecular formula is C29H40N6O3. The van der Waals surface area contributed by atoms with Crippen LogP contribution in [0.3, 0.4) is 0 Å². The average molecular weight is 521 g/mol. The summed E-state index contributed by atoms with van der Waals surface area (Å²) in [5.74, 6) is 0.984. The Morgan fingerprint density at radius 2 is 2.03 bits per heavy atom. The highest BCUT2D eigenvalue weighted by Crippen LogP contribution is 2.69. The molecule has 0 spiro atoms. The van der Waals surface area contributed by atoms with Crippen molar-refractivity contribution in [2.45, 2.75) is 72.4 Å². The van der Waals surface area contributed by atoms with Crippen LogP contribution in [-0.2, 0) is 9.53 Å². The first-order valence-corrected chi connectivity index (χ1v) is 13.4. The number of aryl methyl sites for hydroxylation is 1. The van der Waals surface area contributed by atoms with Gasteiger partial charge in [0.05, 0.1) is 38.1 Å². The fraction of sp³-hybridized carbons (Fsp3) is 0.586. The third kappa shape index (κ3) is 4.02. The molecule has 2 heterocycles. The Bertz CT molecular complexity index is 1340. The van der Waals surface area contributed by atoms with Crippen LogP contribution in [0, 0.1) is 29.1 Å². The molecule has 2 fully saturated rings. The predicted octanol–water partition coefficient (Wildman–Crippen LogP) is 4.73. The fourth-order valence-corrected chi connectivity index (χ4v) is 7.27. The monoisotopic (exact) mass is 520 g/mol. The minimum atomic E-state index is -0.601. The maximum atomic E-state index is 13.1. The molecule has 1 aromatic carbocycles. The number of carbonyl (C=O) groups excluding carboxylic acids is 1. The normalized spacial score (nSPS) is 24.9. The number of methoxy groups -OCH3 is 2. The molecule has 0 saturated heterocycles. The van der Waals surface area contributed by atoms with E-state index in [1.54, 1.807) is 18.1 Å². The van der Waals surface area contributed by atoms with E-state index < -0.39 is 6.04 Å². The molecular weight excluding hydrogens is 480 g/mol. The topological polar surface area (TPSA) is 110 Å². The summed E-state index contributed by atoms with van der Waals surface area (Å²) < 4.78 is 14.5. The summed E-state index contributed by atoms with van der Waals surface area (Å²) in [6.07, 6.45) is 9.48. The minimum Gasteiger partial charge on any atom is -0.495 e. The molecule has 0 aliphatic heterocycles. The lowest BCUT2D eigenvalue weighted by atomic mass is 9.56. The highest BCUT2D eigenvalue weighted by Gasteiger charge is 2.65. The van der Waals surface area contributed by atoms with Crippen molar-refractivity contribution in [2.75, 3.05) is 14.2 Å². The molecule has 2 N–H and O–H groups in total. The second-order valence-corrected chi connectivity index (χ2v) is 12.4. The lowest BCUT2D eigenvalue weighted by molar-refractivity contribution is -0.147. The SMILES string of the molecule is COC(=O)C(CC(C)(C)C12CCC(C1)C(C)(C)C2N)n1cc(-c2ccc(-n3cnc(C)c3)c(OC)c2)nn1. The molecule has 3 aromatic rings. The lowest BCUT2D eigenvalue weighted by Gasteiger charge is -2.51. The number of ether oxygens (including phenoxy) is 2. The van der Waals surface area contributed by atoms with E-state index in [0.29, 0.717) is 23.8 Å². The zero-order valence-electron chi connectivity index (χ0n) is 23.6. The summed E-state index contributed by atoms with van der Waals surface area (Å²) >= 11 is 0. The van der Waals surface area contributed by atoms with Crippen molar-refractivity contribution in [2.24, 2.45) is 27.9 Å². The number of hydrogen-bond acceptors (Lipinski definition) is 7. The van der Waals surface area contributed by atoms with Crippen LogP contribution in [0.15, 0.2) is 36.9 Å². The minimum absolute atomic E-state index is 0.0221. The lowest BCUT2D eigenvalue weighted by Crippen LogP contribution is -2.54. The number of nitrogens with zero attached hydrogens (tertiary/aromatic N) is 5. The maximum absolute atomic E-state index is 13.1. The van der Waals surface area contributed by atoms with Crippen LogP contribution < -0.4 is 10.5 Å². The smallest absolute Gasteiger partial charge is 0.330 e. The molecule has 204 valence electrons. The van der Waals surface area contributed by atoms with Gasteiger partial charge < -0.3 is 19.8 Å². The predicted molar refractivity (Wildman–Crippen MR) is 145 cm³/mol. The molecule has 2 aliphatic carbocycles. The van der Waals surface area contributed by atoms with E-state index in [2.05, 4.69) is 43.0 Å². The zero-order chi connectivity index (χ0) is 27.5. The first kappa shape index (κ1) is 26.4.